The number of hydrogen-bond acceptors (Lipinski definition) is 3. The van der Waals surface area contributed by atoms with Gasteiger partial charge in [-0.15, -0.1) is 0 Å². The Morgan fingerprint density at radius 2 is 2.27 bits per heavy atom. The molecule has 0 amide bonds. The zero-order valence-electron chi connectivity index (χ0n) is 9.25. The van der Waals surface area contributed by atoms with Crippen LogP contribution in [0.4, 0.5) is 5.69 Å². The quantitative estimate of drug-likeness (QED) is 0.787. The highest BCUT2D eigenvalue weighted by atomic mass is 14.9. The first-order chi connectivity index (χ1) is 7.13. The second kappa shape index (κ2) is 5.38. The van der Waals surface area contributed by atoms with Crippen LogP contribution in [0.25, 0.3) is 0 Å². The Kier molecular flexibility index (Phi) is 4.14. The van der Waals surface area contributed by atoms with Gasteiger partial charge in [0.25, 0.3) is 0 Å². The lowest BCUT2D eigenvalue weighted by Gasteiger charge is -2.10. The molecule has 0 spiro atoms. The van der Waals surface area contributed by atoms with Gasteiger partial charge in [0.2, 0.25) is 0 Å². The zero-order chi connectivity index (χ0) is 11.3. The monoisotopic (exact) mass is 203 g/mol. The van der Waals surface area contributed by atoms with E-state index in [4.69, 9.17) is 11.0 Å². The number of anilines is 1. The second-order valence-electron chi connectivity index (χ2n) is 3.85. The van der Waals surface area contributed by atoms with Gasteiger partial charge in [-0.1, -0.05) is 6.07 Å². The molecule has 3 nitrogen and oxygen atoms in total. The molecule has 0 saturated carbocycles. The molecule has 3 heteroatoms. The maximum absolute atomic E-state index is 8.90. The van der Waals surface area contributed by atoms with Crippen LogP contribution in [0.2, 0.25) is 0 Å². The second-order valence-corrected chi connectivity index (χ2v) is 3.85. The lowest BCUT2D eigenvalue weighted by Crippen LogP contribution is -2.19. The number of hydrogen-bond donors (Lipinski definition) is 2. The lowest BCUT2D eigenvalue weighted by atomic mass is 10.1. The fraction of sp³-hybridized carbons (Fsp3) is 0.417. The molecule has 1 aromatic rings. The highest BCUT2D eigenvalue weighted by Gasteiger charge is 2.01. The number of nitriles is 1. The summed E-state index contributed by atoms with van der Waals surface area (Å²) in [5.74, 6) is 0. The molecular weight excluding hydrogens is 186 g/mol. The first kappa shape index (κ1) is 11.5. The molecule has 0 heterocycles. The molecule has 0 saturated heterocycles. The Balaban J connectivity index is 2.67. The van der Waals surface area contributed by atoms with Crippen LogP contribution in [0.5, 0.6) is 0 Å². The molecule has 0 aliphatic heterocycles. The van der Waals surface area contributed by atoms with Crippen molar-refractivity contribution in [2.45, 2.75) is 26.3 Å². The minimum Gasteiger partial charge on any atom is -0.384 e. The maximum Gasteiger partial charge on any atom is 0.101 e. The normalized spacial score (nSPS) is 11.9. The van der Waals surface area contributed by atoms with Crippen LogP contribution in [0.15, 0.2) is 18.2 Å². The molecule has 1 aromatic carbocycles. The number of nitrogens with zero attached hydrogens (tertiary/aromatic N) is 1. The molecule has 3 N–H and O–H groups in total. The van der Waals surface area contributed by atoms with Gasteiger partial charge in [0.1, 0.15) is 6.07 Å². The fourth-order valence-electron chi connectivity index (χ4n) is 1.34. The van der Waals surface area contributed by atoms with Crippen LogP contribution < -0.4 is 11.1 Å². The van der Waals surface area contributed by atoms with Gasteiger partial charge in [-0.25, -0.2) is 0 Å². The summed E-state index contributed by atoms with van der Waals surface area (Å²) < 4.78 is 0. The third-order valence-electron chi connectivity index (χ3n) is 2.21. The summed E-state index contributed by atoms with van der Waals surface area (Å²) in [5.41, 5.74) is 8.39. The van der Waals surface area contributed by atoms with Crippen LogP contribution in [0, 0.1) is 18.3 Å². The largest absolute Gasteiger partial charge is 0.384 e. The van der Waals surface area contributed by atoms with Crippen molar-refractivity contribution in [1.29, 1.82) is 5.26 Å². The maximum atomic E-state index is 8.90. The van der Waals surface area contributed by atoms with E-state index in [1.807, 2.05) is 32.0 Å². The van der Waals surface area contributed by atoms with E-state index >= 15 is 0 Å². The molecule has 0 aromatic heterocycles. The minimum absolute atomic E-state index is 0.188. The van der Waals surface area contributed by atoms with E-state index in [9.17, 15) is 0 Å². The van der Waals surface area contributed by atoms with Gasteiger partial charge < -0.3 is 11.1 Å². The summed E-state index contributed by atoms with van der Waals surface area (Å²) in [7, 11) is 0. The molecular formula is C12H17N3. The molecule has 80 valence electrons. The van der Waals surface area contributed by atoms with E-state index in [1.165, 1.54) is 0 Å². The van der Waals surface area contributed by atoms with Crippen molar-refractivity contribution in [2.24, 2.45) is 5.73 Å². The third kappa shape index (κ3) is 3.61. The number of nitrogens with one attached hydrogen (secondary N) is 1. The Morgan fingerprint density at radius 3 is 2.87 bits per heavy atom. The number of benzene rings is 1. The van der Waals surface area contributed by atoms with Crippen LogP contribution in [0.1, 0.15) is 24.5 Å². The molecule has 0 bridgehead atoms. The summed E-state index contributed by atoms with van der Waals surface area (Å²) in [6.07, 6.45) is 0.902. The van der Waals surface area contributed by atoms with Crippen molar-refractivity contribution in [2.75, 3.05) is 11.9 Å². The van der Waals surface area contributed by atoms with Crippen LogP contribution >= 0.6 is 0 Å². The smallest absolute Gasteiger partial charge is 0.101 e. The van der Waals surface area contributed by atoms with Crippen molar-refractivity contribution >= 4 is 5.69 Å². The summed E-state index contributed by atoms with van der Waals surface area (Å²) in [6, 6.07) is 8.12. The highest BCUT2D eigenvalue weighted by Crippen LogP contribution is 2.16. The molecule has 0 aliphatic carbocycles. The summed E-state index contributed by atoms with van der Waals surface area (Å²) in [4.78, 5) is 0. The molecule has 1 unspecified atom stereocenters. The lowest BCUT2D eigenvalue weighted by molar-refractivity contribution is 0.690. The van der Waals surface area contributed by atoms with Gasteiger partial charge in [-0.2, -0.15) is 5.26 Å². The van der Waals surface area contributed by atoms with Crippen molar-refractivity contribution < 1.29 is 0 Å². The zero-order valence-corrected chi connectivity index (χ0v) is 9.25. The van der Waals surface area contributed by atoms with Gasteiger partial charge >= 0.3 is 0 Å². The Bertz CT molecular complexity index is 364. The van der Waals surface area contributed by atoms with Crippen molar-refractivity contribution in [3.8, 4) is 6.07 Å². The molecule has 15 heavy (non-hydrogen) atoms. The van der Waals surface area contributed by atoms with Gasteiger partial charge in [0.15, 0.2) is 0 Å². The Labute approximate surface area is 90.9 Å². The van der Waals surface area contributed by atoms with E-state index in [-0.39, 0.29) is 6.04 Å². The average Bonchev–Trinajstić information content (AvgIpc) is 2.17. The van der Waals surface area contributed by atoms with E-state index in [0.29, 0.717) is 5.56 Å². The Hall–Kier alpha value is -1.53. The third-order valence-corrected chi connectivity index (χ3v) is 2.21. The van der Waals surface area contributed by atoms with Crippen molar-refractivity contribution in [3.05, 3.63) is 29.3 Å². The SMILES string of the molecule is Cc1ccc(C#N)c(NCCC(C)N)c1. The predicted molar refractivity (Wildman–Crippen MR) is 62.7 cm³/mol. The van der Waals surface area contributed by atoms with Crippen LogP contribution in [-0.2, 0) is 0 Å². The van der Waals surface area contributed by atoms with Crippen LogP contribution in [0.3, 0.4) is 0 Å². The summed E-state index contributed by atoms with van der Waals surface area (Å²) in [5, 5.41) is 12.1. The van der Waals surface area contributed by atoms with Gasteiger partial charge in [0.05, 0.1) is 11.3 Å². The first-order valence-corrected chi connectivity index (χ1v) is 5.13. The standard InChI is InChI=1S/C12H17N3/c1-9-3-4-11(8-13)12(7-9)15-6-5-10(2)14/h3-4,7,10,15H,5-6,14H2,1-2H3. The predicted octanol–water partition coefficient (Wildman–Crippen LogP) is 2.02. The van der Waals surface area contributed by atoms with E-state index in [1.54, 1.807) is 0 Å². The van der Waals surface area contributed by atoms with Gasteiger partial charge in [-0.05, 0) is 38.0 Å². The molecule has 1 rings (SSSR count). The molecule has 1 atom stereocenters. The first-order valence-electron chi connectivity index (χ1n) is 5.13. The van der Waals surface area contributed by atoms with Crippen LogP contribution in [-0.4, -0.2) is 12.6 Å². The van der Waals surface area contributed by atoms with E-state index < -0.39 is 0 Å². The van der Waals surface area contributed by atoms with E-state index in [2.05, 4.69) is 11.4 Å². The molecule has 0 aliphatic rings. The van der Waals surface area contributed by atoms with Gasteiger partial charge in [-0.3, -0.25) is 0 Å². The minimum atomic E-state index is 0.188. The van der Waals surface area contributed by atoms with E-state index in [0.717, 1.165) is 24.2 Å². The number of rotatable bonds is 4. The van der Waals surface area contributed by atoms with Crippen molar-refractivity contribution in [3.63, 3.8) is 0 Å². The average molecular weight is 203 g/mol. The summed E-state index contributed by atoms with van der Waals surface area (Å²) in [6.45, 7) is 4.79. The highest BCUT2D eigenvalue weighted by molar-refractivity contribution is 5.58. The number of aryl methyl sites for hydroxylation is 1. The fourth-order valence-corrected chi connectivity index (χ4v) is 1.34. The van der Waals surface area contributed by atoms with Crippen molar-refractivity contribution in [1.82, 2.24) is 0 Å². The molecule has 0 fully saturated rings. The Morgan fingerprint density at radius 1 is 1.53 bits per heavy atom. The number of nitrogens with two attached hydrogens (primary N) is 1. The topological polar surface area (TPSA) is 61.8 Å². The molecule has 0 radical (unpaired) electrons. The van der Waals surface area contributed by atoms with Gasteiger partial charge in [0, 0.05) is 12.6 Å². The summed E-state index contributed by atoms with van der Waals surface area (Å²) >= 11 is 0.